The number of rotatable bonds is 12. The van der Waals surface area contributed by atoms with E-state index < -0.39 is 0 Å². The molecule has 0 bridgehead atoms. The second kappa shape index (κ2) is 11.5. The molecule has 1 aromatic heterocycles. The third kappa shape index (κ3) is 7.41. The van der Waals surface area contributed by atoms with Crippen LogP contribution >= 0.6 is 0 Å². The van der Waals surface area contributed by atoms with E-state index in [0.29, 0.717) is 0 Å². The molecule has 0 spiro atoms. The van der Waals surface area contributed by atoms with E-state index in [-0.39, 0.29) is 0 Å². The van der Waals surface area contributed by atoms with E-state index in [9.17, 15) is 0 Å². The Balaban J connectivity index is 2.60. The van der Waals surface area contributed by atoms with Crippen molar-refractivity contribution in [2.45, 2.75) is 27.3 Å². The zero-order valence-electron chi connectivity index (χ0n) is 13.6. The van der Waals surface area contributed by atoms with Crippen molar-refractivity contribution in [1.29, 1.82) is 0 Å². The van der Waals surface area contributed by atoms with Gasteiger partial charge in [0, 0.05) is 51.2 Å². The molecule has 1 rings (SSSR count). The molecule has 21 heavy (non-hydrogen) atoms. The smallest absolute Gasteiger partial charge is 0.130 e. The number of pyridine rings is 1. The standard InChI is InChI=1S/C16H29N3O2/c1-4-17-16-15(8-7-9-18-16)14-19(10-12-20-5-2)11-13-21-6-3/h7-9H,4-6,10-14H2,1-3H3,(H,17,18). The van der Waals surface area contributed by atoms with Crippen LogP contribution in [0.4, 0.5) is 5.82 Å². The Morgan fingerprint density at radius 1 is 1.10 bits per heavy atom. The van der Waals surface area contributed by atoms with E-state index in [4.69, 9.17) is 9.47 Å². The molecule has 0 aliphatic carbocycles. The van der Waals surface area contributed by atoms with Crippen LogP contribution in [0.5, 0.6) is 0 Å². The van der Waals surface area contributed by atoms with Gasteiger partial charge in [-0.2, -0.15) is 0 Å². The molecular formula is C16H29N3O2. The molecule has 0 radical (unpaired) electrons. The topological polar surface area (TPSA) is 46.6 Å². The van der Waals surface area contributed by atoms with Gasteiger partial charge in [0.25, 0.3) is 0 Å². The van der Waals surface area contributed by atoms with Crippen LogP contribution in [0.2, 0.25) is 0 Å². The molecule has 0 amide bonds. The van der Waals surface area contributed by atoms with Crippen LogP contribution < -0.4 is 5.32 Å². The fourth-order valence-electron chi connectivity index (χ4n) is 2.08. The lowest BCUT2D eigenvalue weighted by Crippen LogP contribution is -2.31. The average Bonchev–Trinajstić information content (AvgIpc) is 2.49. The first-order chi connectivity index (χ1) is 10.3. The van der Waals surface area contributed by atoms with Crippen molar-refractivity contribution < 1.29 is 9.47 Å². The zero-order valence-corrected chi connectivity index (χ0v) is 13.6. The molecule has 0 saturated carbocycles. The summed E-state index contributed by atoms with van der Waals surface area (Å²) < 4.78 is 10.9. The summed E-state index contributed by atoms with van der Waals surface area (Å²) >= 11 is 0. The predicted molar refractivity (Wildman–Crippen MR) is 86.7 cm³/mol. The van der Waals surface area contributed by atoms with Crippen molar-refractivity contribution in [3.8, 4) is 0 Å². The molecule has 0 unspecified atom stereocenters. The summed E-state index contributed by atoms with van der Waals surface area (Å²) in [4.78, 5) is 6.76. The summed E-state index contributed by atoms with van der Waals surface area (Å²) in [5, 5.41) is 3.32. The maximum absolute atomic E-state index is 5.47. The van der Waals surface area contributed by atoms with Gasteiger partial charge in [-0.1, -0.05) is 6.07 Å². The lowest BCUT2D eigenvalue weighted by Gasteiger charge is -2.23. The molecule has 0 atom stereocenters. The fraction of sp³-hybridized carbons (Fsp3) is 0.688. The van der Waals surface area contributed by atoms with Crippen LogP contribution in [0.15, 0.2) is 18.3 Å². The second-order valence-corrected chi connectivity index (χ2v) is 4.71. The average molecular weight is 295 g/mol. The number of anilines is 1. The van der Waals surface area contributed by atoms with Gasteiger partial charge in [-0.15, -0.1) is 0 Å². The summed E-state index contributed by atoms with van der Waals surface area (Å²) in [7, 11) is 0. The van der Waals surface area contributed by atoms with Crippen molar-refractivity contribution in [3.63, 3.8) is 0 Å². The maximum Gasteiger partial charge on any atom is 0.130 e. The third-order valence-electron chi connectivity index (χ3n) is 3.14. The van der Waals surface area contributed by atoms with Crippen LogP contribution in [-0.2, 0) is 16.0 Å². The number of hydrogen-bond donors (Lipinski definition) is 1. The molecule has 1 aromatic rings. The molecular weight excluding hydrogens is 266 g/mol. The van der Waals surface area contributed by atoms with Gasteiger partial charge in [-0.25, -0.2) is 4.98 Å². The third-order valence-corrected chi connectivity index (χ3v) is 3.14. The van der Waals surface area contributed by atoms with Crippen molar-refractivity contribution in [2.75, 3.05) is 51.4 Å². The highest BCUT2D eigenvalue weighted by molar-refractivity contribution is 5.43. The summed E-state index contributed by atoms with van der Waals surface area (Å²) in [5.41, 5.74) is 1.22. The van der Waals surface area contributed by atoms with E-state index in [1.165, 1.54) is 5.56 Å². The summed E-state index contributed by atoms with van der Waals surface area (Å²) in [6, 6.07) is 4.11. The molecule has 0 aliphatic rings. The van der Waals surface area contributed by atoms with Crippen LogP contribution in [0.1, 0.15) is 26.3 Å². The molecule has 1 N–H and O–H groups in total. The van der Waals surface area contributed by atoms with E-state index in [2.05, 4.69) is 28.2 Å². The van der Waals surface area contributed by atoms with Gasteiger partial charge in [-0.3, -0.25) is 4.90 Å². The summed E-state index contributed by atoms with van der Waals surface area (Å²) in [6.07, 6.45) is 1.83. The summed E-state index contributed by atoms with van der Waals surface area (Å²) in [6.45, 7) is 12.7. The molecule has 0 aliphatic heterocycles. The quantitative estimate of drug-likeness (QED) is 0.600. The molecule has 0 saturated heterocycles. The Bertz CT molecular complexity index is 364. The van der Waals surface area contributed by atoms with Crippen LogP contribution in [0.3, 0.4) is 0 Å². The minimum atomic E-state index is 0.749. The first kappa shape index (κ1) is 17.9. The van der Waals surface area contributed by atoms with Crippen LogP contribution in [-0.4, -0.2) is 55.9 Å². The van der Waals surface area contributed by atoms with Crippen molar-refractivity contribution in [2.24, 2.45) is 0 Å². The molecule has 0 fully saturated rings. The number of aromatic nitrogens is 1. The molecule has 1 heterocycles. The second-order valence-electron chi connectivity index (χ2n) is 4.71. The van der Waals surface area contributed by atoms with Gasteiger partial charge >= 0.3 is 0 Å². The van der Waals surface area contributed by atoms with E-state index in [1.54, 1.807) is 0 Å². The Kier molecular flexibility index (Phi) is 9.78. The predicted octanol–water partition coefficient (Wildman–Crippen LogP) is 2.39. The van der Waals surface area contributed by atoms with Gasteiger partial charge in [0.1, 0.15) is 5.82 Å². The van der Waals surface area contributed by atoms with Gasteiger partial charge in [-0.05, 0) is 26.8 Å². The van der Waals surface area contributed by atoms with E-state index >= 15 is 0 Å². The largest absolute Gasteiger partial charge is 0.380 e. The van der Waals surface area contributed by atoms with E-state index in [1.807, 2.05) is 26.1 Å². The number of ether oxygens (including phenoxy) is 2. The Labute approximate surface area is 128 Å². The Morgan fingerprint density at radius 3 is 2.33 bits per heavy atom. The fourth-order valence-corrected chi connectivity index (χ4v) is 2.08. The Morgan fingerprint density at radius 2 is 1.76 bits per heavy atom. The highest BCUT2D eigenvalue weighted by Gasteiger charge is 2.09. The molecule has 5 nitrogen and oxygen atoms in total. The van der Waals surface area contributed by atoms with Crippen molar-refractivity contribution in [3.05, 3.63) is 23.9 Å². The zero-order chi connectivity index (χ0) is 15.3. The van der Waals surface area contributed by atoms with E-state index in [0.717, 1.165) is 58.4 Å². The van der Waals surface area contributed by atoms with Gasteiger partial charge < -0.3 is 14.8 Å². The van der Waals surface area contributed by atoms with Gasteiger partial charge in [0.2, 0.25) is 0 Å². The first-order valence-corrected chi connectivity index (χ1v) is 7.87. The SMILES string of the molecule is CCNc1ncccc1CN(CCOCC)CCOCC. The minimum absolute atomic E-state index is 0.749. The molecule has 0 aromatic carbocycles. The number of nitrogens with one attached hydrogen (secondary N) is 1. The molecule has 5 heteroatoms. The highest BCUT2D eigenvalue weighted by Crippen LogP contribution is 2.14. The van der Waals surface area contributed by atoms with Gasteiger partial charge in [0.15, 0.2) is 0 Å². The van der Waals surface area contributed by atoms with Crippen molar-refractivity contribution >= 4 is 5.82 Å². The lowest BCUT2D eigenvalue weighted by molar-refractivity contribution is 0.0798. The van der Waals surface area contributed by atoms with Gasteiger partial charge in [0.05, 0.1) is 13.2 Å². The first-order valence-electron chi connectivity index (χ1n) is 7.87. The highest BCUT2D eigenvalue weighted by atomic mass is 16.5. The van der Waals surface area contributed by atoms with Crippen LogP contribution in [0.25, 0.3) is 0 Å². The summed E-state index contributed by atoms with van der Waals surface area (Å²) in [5.74, 6) is 0.970. The minimum Gasteiger partial charge on any atom is -0.380 e. The maximum atomic E-state index is 5.47. The van der Waals surface area contributed by atoms with Crippen LogP contribution in [0, 0.1) is 0 Å². The normalized spacial score (nSPS) is 11.0. The molecule has 120 valence electrons. The number of nitrogens with zero attached hydrogens (tertiary/aromatic N) is 2. The number of hydrogen-bond acceptors (Lipinski definition) is 5. The van der Waals surface area contributed by atoms with Crippen molar-refractivity contribution in [1.82, 2.24) is 9.88 Å². The Hall–Kier alpha value is -1.17. The monoisotopic (exact) mass is 295 g/mol. The lowest BCUT2D eigenvalue weighted by atomic mass is 10.2.